The van der Waals surface area contributed by atoms with E-state index in [0.717, 1.165) is 12.8 Å². The second kappa shape index (κ2) is 5.17. The standard InChI is InChI=1S/C10H13Cl2N3O/c11-8-6-13-10(12)14-9(8)15(4-5-16)7-2-1-3-7/h6-7,16H,1-5H2. The van der Waals surface area contributed by atoms with E-state index in [2.05, 4.69) is 9.97 Å². The summed E-state index contributed by atoms with van der Waals surface area (Å²) in [7, 11) is 0. The van der Waals surface area contributed by atoms with Gasteiger partial charge in [-0.05, 0) is 30.9 Å². The first kappa shape index (κ1) is 11.9. The Morgan fingerprint density at radius 3 is 2.75 bits per heavy atom. The summed E-state index contributed by atoms with van der Waals surface area (Å²) in [6.07, 6.45) is 4.92. The molecule has 1 aliphatic rings. The first-order valence-electron chi connectivity index (χ1n) is 5.28. The Hall–Kier alpha value is -0.580. The summed E-state index contributed by atoms with van der Waals surface area (Å²) in [6.45, 7) is 0.603. The summed E-state index contributed by atoms with van der Waals surface area (Å²) in [6, 6.07) is 0.413. The third kappa shape index (κ3) is 2.39. The predicted molar refractivity (Wildman–Crippen MR) is 64.1 cm³/mol. The summed E-state index contributed by atoms with van der Waals surface area (Å²) in [5.74, 6) is 0.625. The van der Waals surface area contributed by atoms with Crippen molar-refractivity contribution in [3.05, 3.63) is 16.5 Å². The largest absolute Gasteiger partial charge is 0.395 e. The number of hydrogen-bond donors (Lipinski definition) is 1. The molecule has 1 saturated carbocycles. The molecular weight excluding hydrogens is 249 g/mol. The monoisotopic (exact) mass is 261 g/mol. The van der Waals surface area contributed by atoms with Gasteiger partial charge in [0, 0.05) is 12.6 Å². The molecule has 88 valence electrons. The number of nitrogens with zero attached hydrogens (tertiary/aromatic N) is 3. The van der Waals surface area contributed by atoms with E-state index in [9.17, 15) is 0 Å². The summed E-state index contributed by atoms with van der Waals surface area (Å²) in [5, 5.41) is 9.72. The van der Waals surface area contributed by atoms with Crippen LogP contribution in [0.4, 0.5) is 5.82 Å². The minimum Gasteiger partial charge on any atom is -0.395 e. The van der Waals surface area contributed by atoms with E-state index in [1.807, 2.05) is 4.90 Å². The zero-order chi connectivity index (χ0) is 11.5. The van der Waals surface area contributed by atoms with Crippen LogP contribution in [0.1, 0.15) is 19.3 Å². The zero-order valence-corrected chi connectivity index (χ0v) is 10.2. The number of aliphatic hydroxyl groups is 1. The van der Waals surface area contributed by atoms with Gasteiger partial charge in [-0.15, -0.1) is 0 Å². The number of aromatic nitrogens is 2. The van der Waals surface area contributed by atoms with E-state index in [-0.39, 0.29) is 11.9 Å². The lowest BCUT2D eigenvalue weighted by Crippen LogP contribution is -2.42. The normalized spacial score (nSPS) is 15.9. The Morgan fingerprint density at radius 1 is 1.44 bits per heavy atom. The highest BCUT2D eigenvalue weighted by atomic mass is 35.5. The van der Waals surface area contributed by atoms with E-state index in [0.29, 0.717) is 23.4 Å². The molecule has 16 heavy (non-hydrogen) atoms. The predicted octanol–water partition coefficient (Wildman–Crippen LogP) is 2.13. The summed E-state index contributed by atoms with van der Waals surface area (Å²) >= 11 is 11.8. The fraction of sp³-hybridized carbons (Fsp3) is 0.600. The average Bonchev–Trinajstić information content (AvgIpc) is 2.18. The second-order valence-electron chi connectivity index (χ2n) is 3.81. The molecule has 0 amide bonds. The van der Waals surface area contributed by atoms with Gasteiger partial charge in [0.2, 0.25) is 5.28 Å². The molecule has 0 aromatic carbocycles. The van der Waals surface area contributed by atoms with Crippen LogP contribution in [0.25, 0.3) is 0 Å². The Balaban J connectivity index is 2.25. The quantitative estimate of drug-likeness (QED) is 0.844. The van der Waals surface area contributed by atoms with Gasteiger partial charge in [0.15, 0.2) is 5.82 Å². The molecule has 1 fully saturated rings. The van der Waals surface area contributed by atoms with Crippen LogP contribution in [-0.2, 0) is 0 Å². The van der Waals surface area contributed by atoms with Crippen molar-refractivity contribution in [2.45, 2.75) is 25.3 Å². The molecule has 0 aliphatic heterocycles. The van der Waals surface area contributed by atoms with Crippen LogP contribution in [-0.4, -0.2) is 34.3 Å². The Bertz CT molecular complexity index is 371. The number of halogens is 2. The average molecular weight is 262 g/mol. The van der Waals surface area contributed by atoms with Crippen molar-refractivity contribution >= 4 is 29.0 Å². The molecule has 1 N–H and O–H groups in total. The van der Waals surface area contributed by atoms with Crippen molar-refractivity contribution in [3.8, 4) is 0 Å². The van der Waals surface area contributed by atoms with Gasteiger partial charge in [-0.2, -0.15) is 4.98 Å². The van der Waals surface area contributed by atoms with E-state index in [4.69, 9.17) is 28.3 Å². The first-order chi connectivity index (χ1) is 7.72. The molecule has 1 aromatic heterocycles. The van der Waals surface area contributed by atoms with Gasteiger partial charge < -0.3 is 10.0 Å². The van der Waals surface area contributed by atoms with Crippen LogP contribution in [0.3, 0.4) is 0 Å². The van der Waals surface area contributed by atoms with Crippen LogP contribution in [0.5, 0.6) is 0 Å². The number of rotatable bonds is 4. The lowest BCUT2D eigenvalue weighted by Gasteiger charge is -2.38. The lowest BCUT2D eigenvalue weighted by atomic mass is 9.91. The van der Waals surface area contributed by atoms with E-state index in [1.165, 1.54) is 12.6 Å². The van der Waals surface area contributed by atoms with E-state index >= 15 is 0 Å². The van der Waals surface area contributed by atoms with Crippen molar-refractivity contribution in [2.24, 2.45) is 0 Å². The van der Waals surface area contributed by atoms with Crippen LogP contribution in [0.15, 0.2) is 6.20 Å². The van der Waals surface area contributed by atoms with Crippen molar-refractivity contribution in [2.75, 3.05) is 18.1 Å². The SMILES string of the molecule is OCCN(c1nc(Cl)ncc1Cl)C1CCC1. The molecule has 2 rings (SSSR count). The van der Waals surface area contributed by atoms with Crippen molar-refractivity contribution in [1.29, 1.82) is 0 Å². The first-order valence-corrected chi connectivity index (χ1v) is 6.03. The van der Waals surface area contributed by atoms with Crippen molar-refractivity contribution < 1.29 is 5.11 Å². The van der Waals surface area contributed by atoms with Crippen LogP contribution >= 0.6 is 23.2 Å². The van der Waals surface area contributed by atoms with E-state index < -0.39 is 0 Å². The smallest absolute Gasteiger partial charge is 0.224 e. The Morgan fingerprint density at radius 2 is 2.19 bits per heavy atom. The van der Waals surface area contributed by atoms with Gasteiger partial charge in [-0.25, -0.2) is 4.98 Å². The minimum absolute atomic E-state index is 0.0778. The number of aliphatic hydroxyl groups excluding tert-OH is 1. The van der Waals surface area contributed by atoms with Gasteiger partial charge >= 0.3 is 0 Å². The van der Waals surface area contributed by atoms with Gasteiger partial charge in [0.1, 0.15) is 5.02 Å². The Kier molecular flexibility index (Phi) is 3.84. The third-order valence-corrected chi connectivity index (χ3v) is 3.27. The zero-order valence-electron chi connectivity index (χ0n) is 8.74. The van der Waals surface area contributed by atoms with Crippen LogP contribution in [0.2, 0.25) is 10.3 Å². The van der Waals surface area contributed by atoms with Gasteiger partial charge in [-0.1, -0.05) is 11.6 Å². The third-order valence-electron chi connectivity index (χ3n) is 2.82. The molecule has 6 heteroatoms. The van der Waals surface area contributed by atoms with E-state index in [1.54, 1.807) is 0 Å². The van der Waals surface area contributed by atoms with Crippen LogP contribution in [0, 0.1) is 0 Å². The molecule has 1 heterocycles. The highest BCUT2D eigenvalue weighted by Crippen LogP contribution is 2.32. The fourth-order valence-electron chi connectivity index (χ4n) is 1.81. The fourth-order valence-corrected chi connectivity index (χ4v) is 2.13. The van der Waals surface area contributed by atoms with Crippen molar-refractivity contribution in [1.82, 2.24) is 9.97 Å². The highest BCUT2D eigenvalue weighted by molar-refractivity contribution is 6.33. The van der Waals surface area contributed by atoms with Gasteiger partial charge in [-0.3, -0.25) is 0 Å². The molecule has 1 aromatic rings. The molecule has 0 radical (unpaired) electrons. The topological polar surface area (TPSA) is 49.2 Å². The molecule has 0 bridgehead atoms. The molecule has 0 saturated heterocycles. The molecule has 4 nitrogen and oxygen atoms in total. The summed E-state index contributed by atoms with van der Waals surface area (Å²) in [4.78, 5) is 9.96. The van der Waals surface area contributed by atoms with Gasteiger partial charge in [0.25, 0.3) is 0 Å². The Labute approximate surface area is 104 Å². The second-order valence-corrected chi connectivity index (χ2v) is 4.56. The highest BCUT2D eigenvalue weighted by Gasteiger charge is 2.27. The number of hydrogen-bond acceptors (Lipinski definition) is 4. The maximum absolute atomic E-state index is 9.07. The molecular formula is C10H13Cl2N3O. The number of anilines is 1. The lowest BCUT2D eigenvalue weighted by molar-refractivity contribution is 0.283. The summed E-state index contributed by atoms with van der Waals surface area (Å²) < 4.78 is 0. The molecule has 1 aliphatic carbocycles. The molecule has 0 spiro atoms. The van der Waals surface area contributed by atoms with Crippen molar-refractivity contribution in [3.63, 3.8) is 0 Å². The summed E-state index contributed by atoms with van der Waals surface area (Å²) in [5.41, 5.74) is 0. The van der Waals surface area contributed by atoms with Crippen LogP contribution < -0.4 is 4.90 Å². The maximum Gasteiger partial charge on any atom is 0.224 e. The molecule has 0 unspecified atom stereocenters. The van der Waals surface area contributed by atoms with Gasteiger partial charge in [0.05, 0.1) is 12.8 Å². The maximum atomic E-state index is 9.07. The minimum atomic E-state index is 0.0778. The molecule has 0 atom stereocenters.